The Hall–Kier alpha value is -2.54. The zero-order chi connectivity index (χ0) is 23.1. The van der Waals surface area contributed by atoms with Crippen molar-refractivity contribution in [3.05, 3.63) is 59.2 Å². The number of ether oxygens (including phenoxy) is 1. The summed E-state index contributed by atoms with van der Waals surface area (Å²) in [5, 5.41) is 3.06. The summed E-state index contributed by atoms with van der Waals surface area (Å²) in [5.41, 5.74) is 4.43. The van der Waals surface area contributed by atoms with E-state index in [1.165, 1.54) is 34.5 Å². The van der Waals surface area contributed by atoms with Gasteiger partial charge >= 0.3 is 0 Å². The maximum Gasteiger partial charge on any atom is 0.232 e. The van der Waals surface area contributed by atoms with Gasteiger partial charge in [-0.15, -0.1) is 0 Å². The van der Waals surface area contributed by atoms with Crippen LogP contribution in [0.5, 0.6) is 5.75 Å². The van der Waals surface area contributed by atoms with Crippen LogP contribution in [0.4, 0.5) is 5.69 Å². The van der Waals surface area contributed by atoms with Crippen LogP contribution in [-0.4, -0.2) is 33.7 Å². The molecule has 0 aromatic heterocycles. The van der Waals surface area contributed by atoms with Crippen molar-refractivity contribution >= 4 is 21.6 Å². The first-order valence-electron chi connectivity index (χ1n) is 11.4. The quantitative estimate of drug-likeness (QED) is 0.573. The van der Waals surface area contributed by atoms with Crippen LogP contribution in [-0.2, 0) is 27.7 Å². The minimum atomic E-state index is -3.51. The molecule has 2 aromatic rings. The standard InChI is InChI=1S/C25H34N2O4S/c1-4-31-24-13-8-7-12-23(24)27(32(3,29)30)17-9-14-25(28)26-19(2)21-16-15-20-10-5-6-11-22(20)18-21/h7-8,12-13,15-16,18-19H,4-6,9-11,14,17H2,1-3H3,(H,26,28). The smallest absolute Gasteiger partial charge is 0.232 e. The zero-order valence-electron chi connectivity index (χ0n) is 19.3. The van der Waals surface area contributed by atoms with Crippen molar-refractivity contribution in [3.63, 3.8) is 0 Å². The molecule has 2 aromatic carbocycles. The van der Waals surface area contributed by atoms with Crippen molar-refractivity contribution in [1.29, 1.82) is 0 Å². The number of nitrogens with zero attached hydrogens (tertiary/aromatic N) is 1. The largest absolute Gasteiger partial charge is 0.492 e. The molecule has 0 aliphatic heterocycles. The molecule has 32 heavy (non-hydrogen) atoms. The summed E-state index contributed by atoms with van der Waals surface area (Å²) in [6, 6.07) is 13.5. The Kier molecular flexibility index (Phi) is 8.18. The normalized spacial score (nSPS) is 14.3. The van der Waals surface area contributed by atoms with Crippen LogP contribution in [0.1, 0.15) is 62.3 Å². The Bertz CT molecular complexity index is 1040. The highest BCUT2D eigenvalue weighted by molar-refractivity contribution is 7.92. The van der Waals surface area contributed by atoms with Gasteiger partial charge in [0.25, 0.3) is 0 Å². The SMILES string of the molecule is CCOc1ccccc1N(CCCC(=O)NC(C)c1ccc2c(c1)CCCC2)S(C)(=O)=O. The average molecular weight is 459 g/mol. The van der Waals surface area contributed by atoms with Crippen molar-refractivity contribution in [2.45, 2.75) is 58.4 Å². The minimum absolute atomic E-state index is 0.0817. The second-order valence-electron chi connectivity index (χ2n) is 8.36. The number of hydrogen-bond donors (Lipinski definition) is 1. The number of sulfonamides is 1. The predicted octanol–water partition coefficient (Wildman–Crippen LogP) is 4.39. The van der Waals surface area contributed by atoms with Crippen LogP contribution in [0.3, 0.4) is 0 Å². The maximum atomic E-state index is 12.5. The average Bonchev–Trinajstić information content (AvgIpc) is 2.76. The summed E-state index contributed by atoms with van der Waals surface area (Å²) in [6.07, 6.45) is 6.55. The molecular weight excluding hydrogens is 424 g/mol. The number of benzene rings is 2. The van der Waals surface area contributed by atoms with Gasteiger partial charge in [0.05, 0.1) is 24.6 Å². The highest BCUT2D eigenvalue weighted by Gasteiger charge is 2.21. The lowest BCUT2D eigenvalue weighted by Gasteiger charge is -2.24. The Morgan fingerprint density at radius 2 is 1.84 bits per heavy atom. The predicted molar refractivity (Wildman–Crippen MR) is 129 cm³/mol. The van der Waals surface area contributed by atoms with Crippen LogP contribution >= 0.6 is 0 Å². The monoisotopic (exact) mass is 458 g/mol. The van der Waals surface area contributed by atoms with Gasteiger partial charge in [-0.3, -0.25) is 9.10 Å². The second kappa shape index (κ2) is 10.9. The Balaban J connectivity index is 1.59. The molecule has 1 N–H and O–H groups in total. The van der Waals surface area contributed by atoms with Gasteiger partial charge in [0.1, 0.15) is 5.75 Å². The second-order valence-corrected chi connectivity index (χ2v) is 10.3. The summed E-state index contributed by atoms with van der Waals surface area (Å²) in [7, 11) is -3.51. The molecule has 0 bridgehead atoms. The van der Waals surface area contributed by atoms with Crippen LogP contribution in [0.25, 0.3) is 0 Å². The summed E-state index contributed by atoms with van der Waals surface area (Å²) in [6.45, 7) is 4.50. The van der Waals surface area contributed by atoms with E-state index >= 15 is 0 Å². The molecule has 1 unspecified atom stereocenters. The van der Waals surface area contributed by atoms with Crippen LogP contribution < -0.4 is 14.4 Å². The topological polar surface area (TPSA) is 75.7 Å². The summed E-state index contributed by atoms with van der Waals surface area (Å²) in [5.74, 6) is 0.438. The van der Waals surface area contributed by atoms with Gasteiger partial charge < -0.3 is 10.1 Å². The Labute approximate surface area is 192 Å². The third-order valence-electron chi connectivity index (χ3n) is 5.85. The lowest BCUT2D eigenvalue weighted by molar-refractivity contribution is -0.121. The fraction of sp³-hybridized carbons (Fsp3) is 0.480. The van der Waals surface area contributed by atoms with Gasteiger partial charge in [0.2, 0.25) is 15.9 Å². The first-order valence-corrected chi connectivity index (χ1v) is 13.2. The van der Waals surface area contributed by atoms with E-state index in [4.69, 9.17) is 4.74 Å². The molecule has 7 heteroatoms. The molecule has 1 aliphatic rings. The number of carbonyl (C=O) groups excluding carboxylic acids is 1. The van der Waals surface area contributed by atoms with E-state index in [2.05, 4.69) is 23.5 Å². The highest BCUT2D eigenvalue weighted by Crippen LogP contribution is 2.30. The molecule has 1 aliphatic carbocycles. The fourth-order valence-corrected chi connectivity index (χ4v) is 5.18. The van der Waals surface area contributed by atoms with Gasteiger partial charge in [-0.25, -0.2) is 8.42 Å². The number of fused-ring (bicyclic) bond motifs is 1. The van der Waals surface area contributed by atoms with Crippen molar-refractivity contribution < 1.29 is 17.9 Å². The molecular formula is C25H34N2O4S. The highest BCUT2D eigenvalue weighted by atomic mass is 32.2. The van der Waals surface area contributed by atoms with E-state index in [1.807, 2.05) is 19.9 Å². The molecule has 0 saturated heterocycles. The molecule has 0 fully saturated rings. The van der Waals surface area contributed by atoms with Gasteiger partial charge in [0.15, 0.2) is 0 Å². The third kappa shape index (κ3) is 6.25. The van der Waals surface area contributed by atoms with Gasteiger partial charge in [0, 0.05) is 13.0 Å². The minimum Gasteiger partial charge on any atom is -0.492 e. The molecule has 0 saturated carbocycles. The van der Waals surface area contributed by atoms with E-state index < -0.39 is 10.0 Å². The Morgan fingerprint density at radius 1 is 1.12 bits per heavy atom. The summed E-state index contributed by atoms with van der Waals surface area (Å²) in [4.78, 5) is 12.5. The lowest BCUT2D eigenvalue weighted by atomic mass is 9.89. The van der Waals surface area contributed by atoms with Crippen LogP contribution in [0.15, 0.2) is 42.5 Å². The van der Waals surface area contributed by atoms with Gasteiger partial charge in [-0.1, -0.05) is 30.3 Å². The Morgan fingerprint density at radius 3 is 2.56 bits per heavy atom. The number of amides is 1. The molecule has 3 rings (SSSR count). The van der Waals surface area contributed by atoms with Crippen molar-refractivity contribution in [2.24, 2.45) is 0 Å². The number of aryl methyl sites for hydroxylation is 2. The van der Waals surface area contributed by atoms with Crippen molar-refractivity contribution in [2.75, 3.05) is 23.7 Å². The lowest BCUT2D eigenvalue weighted by Crippen LogP contribution is -2.33. The molecule has 0 heterocycles. The van der Waals surface area contributed by atoms with E-state index in [1.54, 1.807) is 18.2 Å². The molecule has 0 radical (unpaired) electrons. The van der Waals surface area contributed by atoms with E-state index in [-0.39, 0.29) is 24.9 Å². The van der Waals surface area contributed by atoms with Crippen molar-refractivity contribution in [3.8, 4) is 5.75 Å². The summed E-state index contributed by atoms with van der Waals surface area (Å²) >= 11 is 0. The first-order chi connectivity index (χ1) is 15.3. The number of para-hydroxylation sites is 2. The molecule has 1 amide bonds. The molecule has 0 spiro atoms. The number of anilines is 1. The first kappa shape index (κ1) is 24.1. The fourth-order valence-electron chi connectivity index (χ4n) is 4.21. The van der Waals surface area contributed by atoms with Crippen LogP contribution in [0, 0.1) is 0 Å². The number of carbonyl (C=O) groups is 1. The van der Waals surface area contributed by atoms with Gasteiger partial charge in [-0.05, 0) is 74.8 Å². The van der Waals surface area contributed by atoms with E-state index in [9.17, 15) is 13.2 Å². The van der Waals surface area contributed by atoms with E-state index in [0.717, 1.165) is 18.4 Å². The summed E-state index contributed by atoms with van der Waals surface area (Å²) < 4.78 is 31.7. The van der Waals surface area contributed by atoms with Gasteiger partial charge in [-0.2, -0.15) is 0 Å². The zero-order valence-corrected chi connectivity index (χ0v) is 20.1. The maximum absolute atomic E-state index is 12.5. The number of rotatable bonds is 10. The third-order valence-corrected chi connectivity index (χ3v) is 7.03. The van der Waals surface area contributed by atoms with E-state index in [0.29, 0.717) is 24.5 Å². The molecule has 1 atom stereocenters. The van der Waals surface area contributed by atoms with Crippen LogP contribution in [0.2, 0.25) is 0 Å². The number of nitrogens with one attached hydrogen (secondary N) is 1. The number of hydrogen-bond acceptors (Lipinski definition) is 4. The molecule has 174 valence electrons. The molecule has 6 nitrogen and oxygen atoms in total. The van der Waals surface area contributed by atoms with Crippen molar-refractivity contribution in [1.82, 2.24) is 5.32 Å².